The molecule has 0 saturated carbocycles. The summed E-state index contributed by atoms with van der Waals surface area (Å²) >= 11 is 3.34. The molecule has 0 saturated heterocycles. The quantitative estimate of drug-likeness (QED) is 0.710. The first kappa shape index (κ1) is 14.1. The molecule has 0 radical (unpaired) electrons. The highest BCUT2D eigenvalue weighted by molar-refractivity contribution is 9.08. The van der Waals surface area contributed by atoms with E-state index in [0.29, 0.717) is 11.0 Å². The van der Waals surface area contributed by atoms with Gasteiger partial charge in [0.2, 0.25) is 0 Å². The zero-order chi connectivity index (χ0) is 14.0. The van der Waals surface area contributed by atoms with Crippen LogP contribution in [0.1, 0.15) is 16.7 Å². The van der Waals surface area contributed by atoms with Crippen LogP contribution in [0.3, 0.4) is 0 Å². The molecular weight excluding hydrogens is 305 g/mol. The first-order chi connectivity index (χ1) is 9.01. The molecule has 0 aromatic heterocycles. The van der Waals surface area contributed by atoms with Gasteiger partial charge in [-0.25, -0.2) is 4.39 Å². The van der Waals surface area contributed by atoms with E-state index in [4.69, 9.17) is 0 Å². The van der Waals surface area contributed by atoms with Crippen molar-refractivity contribution >= 4 is 27.3 Å². The summed E-state index contributed by atoms with van der Waals surface area (Å²) in [6.45, 7) is 4.10. The van der Waals surface area contributed by atoms with Gasteiger partial charge in [0.15, 0.2) is 0 Å². The molecule has 0 aliphatic rings. The van der Waals surface area contributed by atoms with Crippen LogP contribution in [0.15, 0.2) is 36.4 Å². The molecule has 0 aliphatic carbocycles. The van der Waals surface area contributed by atoms with Crippen LogP contribution in [0, 0.1) is 19.7 Å². The van der Waals surface area contributed by atoms with E-state index in [9.17, 15) is 4.39 Å². The zero-order valence-corrected chi connectivity index (χ0v) is 13.0. The molecule has 0 heterocycles. The highest BCUT2D eigenvalue weighted by atomic mass is 79.9. The van der Waals surface area contributed by atoms with E-state index in [1.807, 2.05) is 24.1 Å². The van der Waals surface area contributed by atoms with Crippen LogP contribution in [0.5, 0.6) is 0 Å². The number of hydrogen-bond donors (Lipinski definition) is 0. The van der Waals surface area contributed by atoms with Crippen LogP contribution in [0.2, 0.25) is 0 Å². The molecule has 2 aromatic rings. The van der Waals surface area contributed by atoms with Gasteiger partial charge in [-0.3, -0.25) is 0 Å². The number of aryl methyl sites for hydroxylation is 2. The Labute approximate surface area is 122 Å². The van der Waals surface area contributed by atoms with Gasteiger partial charge in [0.05, 0.1) is 5.69 Å². The van der Waals surface area contributed by atoms with Crippen LogP contribution >= 0.6 is 15.9 Å². The fourth-order valence-corrected chi connectivity index (χ4v) is 2.54. The molecule has 0 fully saturated rings. The molecule has 0 amide bonds. The molecule has 0 bridgehead atoms. The van der Waals surface area contributed by atoms with Crippen molar-refractivity contribution in [3.8, 4) is 0 Å². The maximum atomic E-state index is 14.1. The van der Waals surface area contributed by atoms with E-state index < -0.39 is 0 Å². The van der Waals surface area contributed by atoms with E-state index in [2.05, 4.69) is 48.0 Å². The molecule has 0 unspecified atom stereocenters. The standard InChI is InChI=1S/C16H17BrFN/c1-11-6-12(2)8-14(7-11)19(3)16-5-4-13(10-17)9-15(16)18/h4-9H,10H2,1-3H3. The second-order valence-corrected chi connectivity index (χ2v) is 5.39. The van der Waals surface area contributed by atoms with Crippen molar-refractivity contribution in [2.45, 2.75) is 19.2 Å². The smallest absolute Gasteiger partial charge is 0.147 e. The lowest BCUT2D eigenvalue weighted by molar-refractivity contribution is 0.626. The average Bonchev–Trinajstić information content (AvgIpc) is 2.36. The van der Waals surface area contributed by atoms with Crippen molar-refractivity contribution in [1.29, 1.82) is 0 Å². The molecule has 0 N–H and O–H groups in total. The number of halogens is 2. The Balaban J connectivity index is 2.40. The Bertz CT molecular complexity index is 575. The van der Waals surface area contributed by atoms with Crippen molar-refractivity contribution < 1.29 is 4.39 Å². The lowest BCUT2D eigenvalue weighted by Gasteiger charge is -2.21. The average molecular weight is 322 g/mol. The fourth-order valence-electron chi connectivity index (χ4n) is 2.19. The van der Waals surface area contributed by atoms with Gasteiger partial charge in [0.1, 0.15) is 5.82 Å². The van der Waals surface area contributed by atoms with Crippen molar-refractivity contribution in [1.82, 2.24) is 0 Å². The molecular formula is C16H17BrFN. The summed E-state index contributed by atoms with van der Waals surface area (Å²) in [6.07, 6.45) is 0. The third-order valence-corrected chi connectivity index (χ3v) is 3.77. The highest BCUT2D eigenvalue weighted by Gasteiger charge is 2.10. The highest BCUT2D eigenvalue weighted by Crippen LogP contribution is 2.28. The lowest BCUT2D eigenvalue weighted by atomic mass is 10.1. The van der Waals surface area contributed by atoms with Crippen LogP contribution in [0.25, 0.3) is 0 Å². The minimum atomic E-state index is -0.196. The molecule has 0 spiro atoms. The van der Waals surface area contributed by atoms with Gasteiger partial charge in [0.25, 0.3) is 0 Å². The monoisotopic (exact) mass is 321 g/mol. The maximum Gasteiger partial charge on any atom is 0.147 e. The van der Waals surface area contributed by atoms with Gasteiger partial charge < -0.3 is 4.90 Å². The zero-order valence-electron chi connectivity index (χ0n) is 11.4. The number of hydrogen-bond acceptors (Lipinski definition) is 1. The topological polar surface area (TPSA) is 3.24 Å². The maximum absolute atomic E-state index is 14.1. The van der Waals surface area contributed by atoms with Crippen molar-refractivity contribution in [3.63, 3.8) is 0 Å². The van der Waals surface area contributed by atoms with E-state index >= 15 is 0 Å². The van der Waals surface area contributed by atoms with Gasteiger partial charge >= 0.3 is 0 Å². The summed E-state index contributed by atoms with van der Waals surface area (Å²) in [6, 6.07) is 11.6. The number of rotatable bonds is 3. The van der Waals surface area contributed by atoms with Crippen LogP contribution < -0.4 is 4.90 Å². The normalized spacial score (nSPS) is 10.6. The van der Waals surface area contributed by atoms with E-state index in [-0.39, 0.29) is 5.82 Å². The first-order valence-corrected chi connectivity index (χ1v) is 7.30. The summed E-state index contributed by atoms with van der Waals surface area (Å²) in [5, 5.41) is 0.664. The van der Waals surface area contributed by atoms with E-state index in [0.717, 1.165) is 11.3 Å². The minimum absolute atomic E-state index is 0.196. The summed E-state index contributed by atoms with van der Waals surface area (Å²) in [5.41, 5.74) is 4.89. The molecule has 19 heavy (non-hydrogen) atoms. The summed E-state index contributed by atoms with van der Waals surface area (Å²) in [4.78, 5) is 1.88. The number of anilines is 2. The van der Waals surface area contributed by atoms with Gasteiger partial charge in [-0.15, -0.1) is 0 Å². The molecule has 2 aromatic carbocycles. The molecule has 3 heteroatoms. The van der Waals surface area contributed by atoms with Gasteiger partial charge in [-0.2, -0.15) is 0 Å². The number of alkyl halides is 1. The second kappa shape index (κ2) is 5.74. The lowest BCUT2D eigenvalue weighted by Crippen LogP contribution is -2.11. The van der Waals surface area contributed by atoms with Gasteiger partial charge in [-0.05, 0) is 54.8 Å². The molecule has 2 rings (SSSR count). The van der Waals surface area contributed by atoms with Crippen LogP contribution in [-0.4, -0.2) is 7.05 Å². The third-order valence-electron chi connectivity index (χ3n) is 3.12. The molecule has 0 atom stereocenters. The molecule has 1 nitrogen and oxygen atoms in total. The van der Waals surface area contributed by atoms with Gasteiger partial charge in [-0.1, -0.05) is 28.1 Å². The van der Waals surface area contributed by atoms with Gasteiger partial charge in [0, 0.05) is 18.1 Å². The van der Waals surface area contributed by atoms with E-state index in [1.165, 1.54) is 11.1 Å². The summed E-state index contributed by atoms with van der Waals surface area (Å²) in [5.74, 6) is -0.196. The first-order valence-electron chi connectivity index (χ1n) is 6.17. The van der Waals surface area contributed by atoms with Crippen LogP contribution in [-0.2, 0) is 5.33 Å². The van der Waals surface area contributed by atoms with Crippen LogP contribution in [0.4, 0.5) is 15.8 Å². The Morgan fingerprint density at radius 2 is 1.68 bits per heavy atom. The second-order valence-electron chi connectivity index (χ2n) is 4.82. The Morgan fingerprint density at radius 1 is 1.05 bits per heavy atom. The summed E-state index contributed by atoms with van der Waals surface area (Å²) in [7, 11) is 1.89. The molecule has 0 aliphatic heterocycles. The fraction of sp³-hybridized carbons (Fsp3) is 0.250. The molecule has 100 valence electrons. The SMILES string of the molecule is Cc1cc(C)cc(N(C)c2ccc(CBr)cc2F)c1. The largest absolute Gasteiger partial charge is 0.342 e. The van der Waals surface area contributed by atoms with Crippen molar-refractivity contribution in [3.05, 3.63) is 58.9 Å². The predicted molar refractivity (Wildman–Crippen MR) is 83.0 cm³/mol. The Hall–Kier alpha value is -1.35. The van der Waals surface area contributed by atoms with Crippen molar-refractivity contribution in [2.75, 3.05) is 11.9 Å². The Morgan fingerprint density at radius 3 is 2.21 bits per heavy atom. The predicted octanol–water partition coefficient (Wildman–Crippen LogP) is 5.11. The third kappa shape index (κ3) is 3.16. The summed E-state index contributed by atoms with van der Waals surface area (Å²) < 4.78 is 14.1. The Kier molecular flexibility index (Phi) is 4.25. The van der Waals surface area contributed by atoms with Crippen molar-refractivity contribution in [2.24, 2.45) is 0 Å². The number of benzene rings is 2. The van der Waals surface area contributed by atoms with E-state index in [1.54, 1.807) is 6.07 Å². The number of nitrogens with zero attached hydrogens (tertiary/aromatic N) is 1. The minimum Gasteiger partial charge on any atom is -0.342 e.